The summed E-state index contributed by atoms with van der Waals surface area (Å²) in [5.74, 6) is 3.56. The highest BCUT2D eigenvalue weighted by atomic mass is 16.5. The van der Waals surface area contributed by atoms with E-state index in [1.54, 1.807) is 0 Å². The van der Waals surface area contributed by atoms with Gasteiger partial charge in [0.15, 0.2) is 0 Å². The van der Waals surface area contributed by atoms with Gasteiger partial charge >= 0.3 is 0 Å². The molecule has 1 aliphatic carbocycles. The molecule has 0 N–H and O–H groups in total. The molecule has 0 aromatic heterocycles. The zero-order valence-electron chi connectivity index (χ0n) is 22.7. The average Bonchev–Trinajstić information content (AvgIpc) is 3.05. The van der Waals surface area contributed by atoms with Gasteiger partial charge in [-0.25, -0.2) is 0 Å². The molecule has 10 rings (SSSR count). The molecule has 2 nitrogen and oxygen atoms in total. The van der Waals surface area contributed by atoms with E-state index in [1.165, 1.54) is 32.7 Å². The standard InChI is InChI=1S/C40H24O2/c1-5-19-33-27(13-1)39(28-14-2-6-20-34(28)41-33)31-17-9-11-25-23-24-26-12-10-18-32(38(26)37(25)31)40(39)29-15-3-7-21-35(29)42-36-22-8-4-16-30(36)40/h1-24H. The molecule has 42 heavy (non-hydrogen) atoms. The van der Waals surface area contributed by atoms with E-state index >= 15 is 0 Å². The third-order valence-corrected chi connectivity index (χ3v) is 9.86. The van der Waals surface area contributed by atoms with Crippen LogP contribution in [-0.4, -0.2) is 0 Å². The molecule has 196 valence electrons. The van der Waals surface area contributed by atoms with Crippen molar-refractivity contribution in [2.75, 3.05) is 0 Å². The normalized spacial score (nSPS) is 15.9. The van der Waals surface area contributed by atoms with Crippen molar-refractivity contribution in [3.8, 4) is 23.0 Å². The summed E-state index contributed by atoms with van der Waals surface area (Å²) < 4.78 is 13.5. The number of benzene rings is 7. The molecule has 3 aliphatic rings. The van der Waals surface area contributed by atoms with Gasteiger partial charge in [0.05, 0.1) is 10.8 Å². The third kappa shape index (κ3) is 2.37. The average molecular weight is 537 g/mol. The number of hydrogen-bond acceptors (Lipinski definition) is 2. The lowest BCUT2D eigenvalue weighted by atomic mass is 9.43. The van der Waals surface area contributed by atoms with Crippen LogP contribution < -0.4 is 9.47 Å². The summed E-state index contributed by atoms with van der Waals surface area (Å²) in [4.78, 5) is 0. The molecule has 2 aliphatic heterocycles. The van der Waals surface area contributed by atoms with Gasteiger partial charge in [-0.3, -0.25) is 0 Å². The second-order valence-electron chi connectivity index (χ2n) is 11.6. The van der Waals surface area contributed by atoms with E-state index in [-0.39, 0.29) is 0 Å². The molecule has 7 aromatic carbocycles. The van der Waals surface area contributed by atoms with Gasteiger partial charge in [0.2, 0.25) is 0 Å². The number of para-hydroxylation sites is 4. The smallest absolute Gasteiger partial charge is 0.131 e. The van der Waals surface area contributed by atoms with Gasteiger partial charge < -0.3 is 9.47 Å². The molecule has 7 aromatic rings. The highest BCUT2D eigenvalue weighted by Gasteiger charge is 2.65. The molecule has 0 saturated heterocycles. The van der Waals surface area contributed by atoms with E-state index < -0.39 is 10.8 Å². The zero-order valence-corrected chi connectivity index (χ0v) is 22.7. The lowest BCUT2D eigenvalue weighted by Gasteiger charge is -2.58. The molecule has 2 heterocycles. The van der Waals surface area contributed by atoms with Gasteiger partial charge in [-0.05, 0) is 56.9 Å². The summed E-state index contributed by atoms with van der Waals surface area (Å²) >= 11 is 0. The molecule has 0 bridgehead atoms. The minimum absolute atomic E-state index is 0.670. The third-order valence-electron chi connectivity index (χ3n) is 9.86. The summed E-state index contributed by atoms with van der Waals surface area (Å²) in [6.45, 7) is 0. The Morgan fingerprint density at radius 3 is 0.952 bits per heavy atom. The predicted molar refractivity (Wildman–Crippen MR) is 167 cm³/mol. The summed E-state index contributed by atoms with van der Waals surface area (Å²) in [5.41, 5.74) is 5.89. The van der Waals surface area contributed by atoms with Gasteiger partial charge in [-0.15, -0.1) is 0 Å². The van der Waals surface area contributed by atoms with Crippen LogP contribution in [0.3, 0.4) is 0 Å². The molecule has 0 unspecified atom stereocenters. The minimum Gasteiger partial charge on any atom is -0.457 e. The van der Waals surface area contributed by atoms with E-state index in [0.717, 1.165) is 45.3 Å². The van der Waals surface area contributed by atoms with Gasteiger partial charge in [0, 0.05) is 22.3 Å². The Bertz CT molecular complexity index is 2020. The van der Waals surface area contributed by atoms with Crippen molar-refractivity contribution < 1.29 is 9.47 Å². The Balaban J connectivity index is 1.59. The van der Waals surface area contributed by atoms with Crippen LogP contribution in [0.2, 0.25) is 0 Å². The maximum atomic E-state index is 6.74. The summed E-state index contributed by atoms with van der Waals surface area (Å²) in [6, 6.07) is 52.8. The predicted octanol–water partition coefficient (Wildman–Crippen LogP) is 9.89. The molecule has 0 amide bonds. The Hall–Kier alpha value is -5.34. The van der Waals surface area contributed by atoms with E-state index in [9.17, 15) is 0 Å². The Morgan fingerprint density at radius 2 is 0.595 bits per heavy atom. The number of fused-ring (bicyclic) bond motifs is 11. The zero-order chi connectivity index (χ0) is 27.5. The van der Waals surface area contributed by atoms with Crippen molar-refractivity contribution in [3.05, 3.63) is 179 Å². The molecule has 0 radical (unpaired) electrons. The van der Waals surface area contributed by atoms with E-state index in [2.05, 4.69) is 146 Å². The Morgan fingerprint density at radius 1 is 0.286 bits per heavy atom. The summed E-state index contributed by atoms with van der Waals surface area (Å²) in [5, 5.41) is 5.11. The minimum atomic E-state index is -0.670. The van der Waals surface area contributed by atoms with Gasteiger partial charge in [-0.1, -0.05) is 121 Å². The van der Waals surface area contributed by atoms with Crippen molar-refractivity contribution in [3.63, 3.8) is 0 Å². The fourth-order valence-corrected chi connectivity index (χ4v) is 8.56. The first kappa shape index (κ1) is 22.4. The lowest BCUT2D eigenvalue weighted by molar-refractivity contribution is 0.322. The van der Waals surface area contributed by atoms with Crippen LogP contribution in [0.1, 0.15) is 33.4 Å². The summed E-state index contributed by atoms with van der Waals surface area (Å²) in [6.07, 6.45) is 0. The summed E-state index contributed by atoms with van der Waals surface area (Å²) in [7, 11) is 0. The molecule has 2 heteroatoms. The first-order chi connectivity index (χ1) is 20.8. The van der Waals surface area contributed by atoms with Crippen LogP contribution in [-0.2, 0) is 10.8 Å². The maximum Gasteiger partial charge on any atom is 0.131 e. The molecule has 0 atom stereocenters. The Labute approximate surface area is 243 Å². The molecular weight excluding hydrogens is 512 g/mol. The van der Waals surface area contributed by atoms with Crippen LogP contribution in [0.4, 0.5) is 0 Å². The monoisotopic (exact) mass is 536 g/mol. The number of ether oxygens (including phenoxy) is 2. The Kier molecular flexibility index (Phi) is 4.09. The fraction of sp³-hybridized carbons (Fsp3) is 0.0500. The highest BCUT2D eigenvalue weighted by molar-refractivity contribution is 6.15. The van der Waals surface area contributed by atoms with Crippen LogP contribution in [0, 0.1) is 0 Å². The van der Waals surface area contributed by atoms with Gasteiger partial charge in [0.1, 0.15) is 23.0 Å². The number of hydrogen-bond donors (Lipinski definition) is 0. The molecule has 2 spiro atoms. The molecule has 0 saturated carbocycles. The van der Waals surface area contributed by atoms with Crippen molar-refractivity contribution in [1.29, 1.82) is 0 Å². The first-order valence-electron chi connectivity index (χ1n) is 14.5. The molecular formula is C40H24O2. The van der Waals surface area contributed by atoms with E-state index in [4.69, 9.17) is 9.47 Å². The second-order valence-corrected chi connectivity index (χ2v) is 11.6. The highest BCUT2D eigenvalue weighted by Crippen LogP contribution is 2.71. The van der Waals surface area contributed by atoms with Crippen molar-refractivity contribution >= 4 is 21.5 Å². The first-order valence-corrected chi connectivity index (χ1v) is 14.5. The van der Waals surface area contributed by atoms with Crippen LogP contribution in [0.15, 0.2) is 146 Å². The quantitative estimate of drug-likeness (QED) is 0.180. The SMILES string of the molecule is c1ccc2c(c1)Oc1ccccc1C21c2cccc3ccc4cccc(c4c23)C12c1ccccc1Oc1ccccc12. The van der Waals surface area contributed by atoms with Crippen LogP contribution >= 0.6 is 0 Å². The van der Waals surface area contributed by atoms with Crippen molar-refractivity contribution in [1.82, 2.24) is 0 Å². The van der Waals surface area contributed by atoms with E-state index in [1.807, 2.05) is 0 Å². The van der Waals surface area contributed by atoms with E-state index in [0.29, 0.717) is 0 Å². The lowest BCUT2D eigenvalue weighted by Crippen LogP contribution is -2.56. The topological polar surface area (TPSA) is 18.5 Å². The van der Waals surface area contributed by atoms with Crippen LogP contribution in [0.25, 0.3) is 21.5 Å². The van der Waals surface area contributed by atoms with Gasteiger partial charge in [0.25, 0.3) is 0 Å². The van der Waals surface area contributed by atoms with Crippen molar-refractivity contribution in [2.45, 2.75) is 10.8 Å². The van der Waals surface area contributed by atoms with Crippen LogP contribution in [0.5, 0.6) is 23.0 Å². The maximum absolute atomic E-state index is 6.74. The second kappa shape index (κ2) is 7.69. The molecule has 0 fully saturated rings. The van der Waals surface area contributed by atoms with Crippen molar-refractivity contribution in [2.24, 2.45) is 0 Å². The van der Waals surface area contributed by atoms with Gasteiger partial charge in [-0.2, -0.15) is 0 Å². The number of rotatable bonds is 0. The fourth-order valence-electron chi connectivity index (χ4n) is 8.56. The largest absolute Gasteiger partial charge is 0.457 e.